The second-order valence-corrected chi connectivity index (χ2v) is 9.36. The molecular weight excluding hydrogens is 489 g/mol. The summed E-state index contributed by atoms with van der Waals surface area (Å²) >= 11 is 13.7. The van der Waals surface area contributed by atoms with Gasteiger partial charge in [-0.05, 0) is 30.5 Å². The molecule has 2 amide bonds. The molecule has 0 aliphatic carbocycles. The van der Waals surface area contributed by atoms with E-state index in [4.69, 9.17) is 32.7 Å². The molecule has 1 aromatic carbocycles. The first-order valence-corrected chi connectivity index (χ1v) is 11.9. The lowest BCUT2D eigenvalue weighted by Crippen LogP contribution is -2.44. The van der Waals surface area contributed by atoms with Gasteiger partial charge in [0, 0.05) is 12.5 Å². The maximum Gasteiger partial charge on any atom is 0.319 e. The van der Waals surface area contributed by atoms with Gasteiger partial charge >= 0.3 is 5.97 Å². The molecule has 33 heavy (non-hydrogen) atoms. The van der Waals surface area contributed by atoms with Gasteiger partial charge in [0.05, 0.1) is 46.2 Å². The molecule has 1 heterocycles. The van der Waals surface area contributed by atoms with Crippen LogP contribution in [0.4, 0.5) is 0 Å². The largest absolute Gasteiger partial charge is 0.491 e. The molecule has 0 bridgehead atoms. The highest BCUT2D eigenvalue weighted by Crippen LogP contribution is 2.44. The fourth-order valence-electron chi connectivity index (χ4n) is 3.23. The lowest BCUT2D eigenvalue weighted by atomic mass is 9.78. The SMILES string of the molecule is CCOc1c(Cl)cc([C@H]2C(C#N)=C(SCC(=O)NCC(C)C)NC(=O)[C@H]2C(=O)OC)cc1Cl. The summed E-state index contributed by atoms with van der Waals surface area (Å²) in [6.45, 7) is 6.55. The van der Waals surface area contributed by atoms with Gasteiger partial charge in [-0.1, -0.05) is 48.8 Å². The van der Waals surface area contributed by atoms with Crippen LogP contribution in [0.1, 0.15) is 32.3 Å². The number of rotatable bonds is 9. The van der Waals surface area contributed by atoms with Crippen molar-refractivity contribution < 1.29 is 23.9 Å². The first-order valence-electron chi connectivity index (χ1n) is 10.2. The average molecular weight is 514 g/mol. The van der Waals surface area contributed by atoms with Crippen LogP contribution >= 0.6 is 35.0 Å². The molecule has 0 radical (unpaired) electrons. The molecule has 0 spiro atoms. The van der Waals surface area contributed by atoms with Crippen molar-refractivity contribution >= 4 is 52.7 Å². The van der Waals surface area contributed by atoms with Crippen molar-refractivity contribution in [2.24, 2.45) is 11.8 Å². The zero-order valence-electron chi connectivity index (χ0n) is 18.7. The normalized spacial score (nSPS) is 17.9. The lowest BCUT2D eigenvalue weighted by Gasteiger charge is -2.31. The number of nitrogens with one attached hydrogen (secondary N) is 2. The van der Waals surface area contributed by atoms with Crippen LogP contribution in [0.25, 0.3) is 0 Å². The molecule has 1 aliphatic heterocycles. The second-order valence-electron chi connectivity index (χ2n) is 7.56. The minimum Gasteiger partial charge on any atom is -0.491 e. The quantitative estimate of drug-likeness (QED) is 0.382. The van der Waals surface area contributed by atoms with E-state index in [1.165, 1.54) is 12.1 Å². The van der Waals surface area contributed by atoms with E-state index in [-0.39, 0.29) is 44.0 Å². The molecule has 11 heteroatoms. The molecule has 178 valence electrons. The molecule has 1 aliphatic rings. The maximum atomic E-state index is 12.9. The van der Waals surface area contributed by atoms with Crippen LogP contribution < -0.4 is 15.4 Å². The number of esters is 1. The Kier molecular flexibility index (Phi) is 9.89. The predicted molar refractivity (Wildman–Crippen MR) is 127 cm³/mol. The molecule has 1 aromatic rings. The van der Waals surface area contributed by atoms with E-state index in [0.29, 0.717) is 18.7 Å². The van der Waals surface area contributed by atoms with Crippen LogP contribution in [-0.2, 0) is 19.1 Å². The zero-order chi connectivity index (χ0) is 24.7. The van der Waals surface area contributed by atoms with Crippen LogP contribution in [0.3, 0.4) is 0 Å². The number of hydrogen-bond donors (Lipinski definition) is 2. The molecule has 2 N–H and O–H groups in total. The molecule has 0 fully saturated rings. The Bertz CT molecular complexity index is 983. The Morgan fingerprint density at radius 2 is 1.94 bits per heavy atom. The van der Waals surface area contributed by atoms with E-state index < -0.39 is 23.7 Å². The minimum absolute atomic E-state index is 0.0199. The van der Waals surface area contributed by atoms with Crippen molar-refractivity contribution in [2.45, 2.75) is 26.7 Å². The number of nitriles is 1. The fraction of sp³-hybridized carbons (Fsp3) is 0.455. The van der Waals surface area contributed by atoms with Gasteiger partial charge in [-0.3, -0.25) is 14.4 Å². The van der Waals surface area contributed by atoms with Crippen LogP contribution in [0.2, 0.25) is 10.0 Å². The summed E-state index contributed by atoms with van der Waals surface area (Å²) in [6.07, 6.45) is 0. The van der Waals surface area contributed by atoms with E-state index in [9.17, 15) is 19.6 Å². The van der Waals surface area contributed by atoms with Crippen molar-refractivity contribution in [3.05, 3.63) is 38.3 Å². The van der Waals surface area contributed by atoms with Crippen molar-refractivity contribution in [3.63, 3.8) is 0 Å². The van der Waals surface area contributed by atoms with Crippen molar-refractivity contribution in [2.75, 3.05) is 26.0 Å². The van der Waals surface area contributed by atoms with Crippen LogP contribution in [0.15, 0.2) is 22.7 Å². The predicted octanol–water partition coefficient (Wildman–Crippen LogP) is 3.64. The highest BCUT2D eigenvalue weighted by molar-refractivity contribution is 8.03. The molecule has 0 aromatic heterocycles. The van der Waals surface area contributed by atoms with Crippen molar-refractivity contribution in [1.82, 2.24) is 10.6 Å². The number of hydrogen-bond acceptors (Lipinski definition) is 7. The summed E-state index contributed by atoms with van der Waals surface area (Å²) in [5, 5.41) is 15.8. The third kappa shape index (κ3) is 6.56. The highest BCUT2D eigenvalue weighted by Gasteiger charge is 2.44. The van der Waals surface area contributed by atoms with Crippen molar-refractivity contribution in [1.29, 1.82) is 5.26 Å². The molecule has 0 saturated carbocycles. The zero-order valence-corrected chi connectivity index (χ0v) is 21.0. The van der Waals surface area contributed by atoms with E-state index in [2.05, 4.69) is 16.7 Å². The Labute approximate surface area is 207 Å². The Morgan fingerprint density at radius 1 is 1.30 bits per heavy atom. The number of carbonyl (C=O) groups excluding carboxylic acids is 3. The van der Waals surface area contributed by atoms with Crippen molar-refractivity contribution in [3.8, 4) is 11.8 Å². The number of methoxy groups -OCH3 is 1. The number of allylic oxidation sites excluding steroid dienone is 1. The van der Waals surface area contributed by atoms with E-state index in [1.54, 1.807) is 6.92 Å². The number of carbonyl (C=O) groups is 3. The smallest absolute Gasteiger partial charge is 0.319 e. The van der Waals surface area contributed by atoms with E-state index in [0.717, 1.165) is 18.9 Å². The van der Waals surface area contributed by atoms with Gasteiger partial charge < -0.3 is 20.1 Å². The monoisotopic (exact) mass is 513 g/mol. The molecule has 2 rings (SSSR count). The summed E-state index contributed by atoms with van der Waals surface area (Å²) < 4.78 is 10.3. The third-order valence-electron chi connectivity index (χ3n) is 4.71. The van der Waals surface area contributed by atoms with Gasteiger partial charge in [-0.2, -0.15) is 5.26 Å². The summed E-state index contributed by atoms with van der Waals surface area (Å²) in [6, 6.07) is 5.09. The summed E-state index contributed by atoms with van der Waals surface area (Å²) in [7, 11) is 1.16. The number of thioether (sulfide) groups is 1. The van der Waals surface area contributed by atoms with E-state index in [1.807, 2.05) is 13.8 Å². The minimum atomic E-state index is -1.34. The topological polar surface area (TPSA) is 118 Å². The summed E-state index contributed by atoms with van der Waals surface area (Å²) in [5.74, 6) is -3.54. The second kappa shape index (κ2) is 12.2. The molecule has 0 saturated heterocycles. The number of amides is 2. The summed E-state index contributed by atoms with van der Waals surface area (Å²) in [4.78, 5) is 37.5. The first-order chi connectivity index (χ1) is 15.6. The number of halogens is 2. The maximum absolute atomic E-state index is 12.9. The number of benzene rings is 1. The van der Waals surface area contributed by atoms with Gasteiger partial charge in [0.1, 0.15) is 5.92 Å². The van der Waals surface area contributed by atoms with Gasteiger partial charge in [-0.15, -0.1) is 0 Å². The molecule has 2 atom stereocenters. The standard InChI is InChI=1S/C22H25Cl2N3O5S/c1-5-32-19-14(23)6-12(7-15(19)24)17-13(8-25)21(27-20(29)18(17)22(30)31-4)33-10-16(28)26-9-11(2)3/h6-7,11,17-18H,5,9-10H2,1-4H3,(H,26,28)(H,27,29)/t17-,18-/m0/s1. The third-order valence-corrected chi connectivity index (χ3v) is 6.29. The molecule has 8 nitrogen and oxygen atoms in total. The summed E-state index contributed by atoms with van der Waals surface area (Å²) in [5.41, 5.74) is 0.473. The van der Waals surface area contributed by atoms with Crippen LogP contribution in [0.5, 0.6) is 5.75 Å². The number of nitrogens with zero attached hydrogens (tertiary/aromatic N) is 1. The number of ether oxygens (including phenoxy) is 2. The van der Waals surface area contributed by atoms with Gasteiger partial charge in [0.15, 0.2) is 5.75 Å². The van der Waals surface area contributed by atoms with E-state index >= 15 is 0 Å². The average Bonchev–Trinajstić information content (AvgIpc) is 2.77. The van der Waals surface area contributed by atoms with Crippen LogP contribution in [-0.4, -0.2) is 43.8 Å². The van der Waals surface area contributed by atoms with Gasteiger partial charge in [0.25, 0.3) is 0 Å². The van der Waals surface area contributed by atoms with Crippen LogP contribution in [0, 0.1) is 23.2 Å². The van der Waals surface area contributed by atoms with Gasteiger partial charge in [0.2, 0.25) is 11.8 Å². The molecular formula is C22H25Cl2N3O5S. The fourth-order valence-corrected chi connectivity index (χ4v) is 4.72. The Morgan fingerprint density at radius 3 is 2.45 bits per heavy atom. The highest BCUT2D eigenvalue weighted by atomic mass is 35.5. The first kappa shape index (κ1) is 26.8. The Hall–Kier alpha value is -2.41. The van der Waals surface area contributed by atoms with Gasteiger partial charge in [-0.25, -0.2) is 0 Å². The lowest BCUT2D eigenvalue weighted by molar-refractivity contribution is -0.150. The Balaban J connectivity index is 2.51. The molecule has 0 unspecified atom stereocenters.